The number of carbonyl (C=O) groups excluding carboxylic acids is 1. The normalized spacial score (nSPS) is 26.1. The van der Waals surface area contributed by atoms with Crippen molar-refractivity contribution in [2.75, 3.05) is 12.4 Å². The summed E-state index contributed by atoms with van der Waals surface area (Å²) in [5.74, 6) is -6.67. The van der Waals surface area contributed by atoms with Crippen LogP contribution in [0.3, 0.4) is 0 Å². The van der Waals surface area contributed by atoms with Crippen LogP contribution < -0.4 is 10.1 Å². The Morgan fingerprint density at radius 2 is 1.78 bits per heavy atom. The average Bonchev–Trinajstić information content (AvgIpc) is 3.58. The first kappa shape index (κ1) is 31.4. The summed E-state index contributed by atoms with van der Waals surface area (Å²) in [6.45, 7) is 12.8. The lowest BCUT2D eigenvalue weighted by Crippen LogP contribution is -2.47. The Kier molecular flexibility index (Phi) is 7.88. The smallest absolute Gasteiger partial charge is 0.417 e. The molecular formula is C29H37F5N2O4Si. The van der Waals surface area contributed by atoms with E-state index in [4.69, 9.17) is 13.9 Å². The molecule has 1 amide bonds. The monoisotopic (exact) mass is 600 g/mol. The fourth-order valence-electron chi connectivity index (χ4n) is 5.18. The highest BCUT2D eigenvalue weighted by Crippen LogP contribution is 2.56. The van der Waals surface area contributed by atoms with Crippen molar-refractivity contribution in [2.45, 2.75) is 95.0 Å². The van der Waals surface area contributed by atoms with Gasteiger partial charge < -0.3 is 19.2 Å². The van der Waals surface area contributed by atoms with Crippen LogP contribution in [0.15, 0.2) is 30.5 Å². The maximum Gasteiger partial charge on any atom is 0.417 e. The number of ether oxygens (including phenoxy) is 2. The number of rotatable bonds is 7. The zero-order chi connectivity index (χ0) is 30.8. The molecule has 1 saturated heterocycles. The summed E-state index contributed by atoms with van der Waals surface area (Å²) in [4.78, 5) is 18.1. The molecule has 2 aliphatic rings. The van der Waals surface area contributed by atoms with E-state index in [9.17, 15) is 26.7 Å². The molecule has 1 saturated carbocycles. The maximum absolute atomic E-state index is 14.6. The van der Waals surface area contributed by atoms with Crippen LogP contribution in [0.5, 0.6) is 5.75 Å². The predicted octanol–water partition coefficient (Wildman–Crippen LogP) is 7.46. The largest absolute Gasteiger partial charge is 0.493 e. The lowest BCUT2D eigenvalue weighted by atomic mass is 9.77. The summed E-state index contributed by atoms with van der Waals surface area (Å²) in [6.07, 6.45) is -3.52. The number of nitrogens with one attached hydrogen (secondary N) is 1. The number of carbonyl (C=O) groups is 1. The molecular weight excluding hydrogens is 563 g/mol. The third kappa shape index (κ3) is 5.50. The number of amides is 1. The van der Waals surface area contributed by atoms with Gasteiger partial charge in [0.25, 0.3) is 5.91 Å². The Morgan fingerprint density at radius 3 is 2.32 bits per heavy atom. The molecule has 0 bridgehead atoms. The quantitative estimate of drug-likeness (QED) is 0.264. The van der Waals surface area contributed by atoms with Crippen LogP contribution >= 0.6 is 0 Å². The molecule has 2 aromatic rings. The molecule has 1 aliphatic carbocycles. The first-order valence-electron chi connectivity index (χ1n) is 13.5. The highest BCUT2D eigenvalue weighted by Gasteiger charge is 2.66. The molecule has 1 N–H and O–H groups in total. The Labute approximate surface area is 238 Å². The Balaban J connectivity index is 1.67. The molecule has 1 aliphatic heterocycles. The SMILES string of the molecule is COc1c([C@H]2[C@H](C(=O)Nc3ccnc(C4(O[Si](C)(C)C(C)(C)C)CC4)c3)O[C@@](C)(C(F)(F)F)[C@H]2C)ccc(F)c1F. The Bertz CT molecular complexity index is 1330. The number of hydrogen-bond acceptors (Lipinski definition) is 5. The van der Waals surface area contributed by atoms with Gasteiger partial charge in [-0.15, -0.1) is 0 Å². The molecule has 6 nitrogen and oxygen atoms in total. The first-order valence-corrected chi connectivity index (χ1v) is 16.4. The van der Waals surface area contributed by atoms with Crippen molar-refractivity contribution in [1.82, 2.24) is 4.98 Å². The number of anilines is 1. The van der Waals surface area contributed by atoms with Crippen molar-refractivity contribution in [1.29, 1.82) is 0 Å². The summed E-state index contributed by atoms with van der Waals surface area (Å²) in [7, 11) is -1.08. The fraction of sp³-hybridized carbons (Fsp3) is 0.586. The maximum atomic E-state index is 14.6. The minimum atomic E-state index is -4.85. The highest BCUT2D eigenvalue weighted by molar-refractivity contribution is 6.74. The summed E-state index contributed by atoms with van der Waals surface area (Å²) < 4.78 is 88.5. The van der Waals surface area contributed by atoms with Crippen LogP contribution in [0, 0.1) is 17.6 Å². The van der Waals surface area contributed by atoms with Gasteiger partial charge >= 0.3 is 6.18 Å². The van der Waals surface area contributed by atoms with Crippen LogP contribution in [0.2, 0.25) is 18.1 Å². The van der Waals surface area contributed by atoms with E-state index >= 15 is 0 Å². The summed E-state index contributed by atoms with van der Waals surface area (Å²) in [6, 6.07) is 5.11. The van der Waals surface area contributed by atoms with Gasteiger partial charge in [-0.2, -0.15) is 17.6 Å². The van der Waals surface area contributed by atoms with Gasteiger partial charge in [-0.1, -0.05) is 33.8 Å². The van der Waals surface area contributed by atoms with Gasteiger partial charge in [-0.3, -0.25) is 9.78 Å². The number of alkyl halides is 3. The minimum absolute atomic E-state index is 0.0358. The molecule has 0 unspecified atom stereocenters. The van der Waals surface area contributed by atoms with E-state index in [1.54, 1.807) is 6.07 Å². The molecule has 4 rings (SSSR count). The third-order valence-corrected chi connectivity index (χ3v) is 13.5. The van der Waals surface area contributed by atoms with E-state index in [0.29, 0.717) is 11.4 Å². The molecule has 2 heterocycles. The van der Waals surface area contributed by atoms with Crippen molar-refractivity contribution in [3.05, 3.63) is 53.4 Å². The van der Waals surface area contributed by atoms with Gasteiger partial charge in [0.2, 0.25) is 5.82 Å². The van der Waals surface area contributed by atoms with Gasteiger partial charge in [0.05, 0.1) is 18.4 Å². The van der Waals surface area contributed by atoms with Crippen LogP contribution in [-0.4, -0.2) is 44.2 Å². The van der Waals surface area contributed by atoms with Crippen molar-refractivity contribution < 1.29 is 40.6 Å². The van der Waals surface area contributed by atoms with Crippen LogP contribution in [0.25, 0.3) is 0 Å². The number of benzene rings is 1. The van der Waals surface area contributed by atoms with E-state index in [1.165, 1.54) is 19.2 Å². The molecule has 1 aromatic carbocycles. The molecule has 12 heteroatoms. The zero-order valence-corrected chi connectivity index (χ0v) is 25.5. The Hall–Kier alpha value is -2.57. The molecule has 41 heavy (non-hydrogen) atoms. The second-order valence-electron chi connectivity index (χ2n) is 12.7. The van der Waals surface area contributed by atoms with Crippen molar-refractivity contribution in [3.63, 3.8) is 0 Å². The molecule has 0 radical (unpaired) electrons. The number of methoxy groups -OCH3 is 1. The number of nitrogens with zero attached hydrogens (tertiary/aromatic N) is 1. The molecule has 2 fully saturated rings. The molecule has 226 valence electrons. The number of hydrogen-bond donors (Lipinski definition) is 1. The van der Waals surface area contributed by atoms with Gasteiger partial charge in [-0.25, -0.2) is 4.39 Å². The van der Waals surface area contributed by atoms with Crippen molar-refractivity contribution >= 4 is 19.9 Å². The number of halogens is 5. The third-order valence-electron chi connectivity index (χ3n) is 9.03. The van der Waals surface area contributed by atoms with Crippen LogP contribution in [0.1, 0.15) is 64.6 Å². The lowest BCUT2D eigenvalue weighted by molar-refractivity contribution is -0.272. The van der Waals surface area contributed by atoms with Crippen LogP contribution in [-0.2, 0) is 19.6 Å². The second kappa shape index (κ2) is 10.3. The predicted molar refractivity (Wildman–Crippen MR) is 146 cm³/mol. The standard InChI is InChI=1S/C29H37F5N2O4Si/c1-16-21(18-9-10-19(30)22(31)23(18)38-6)24(39-27(16,5)29(32,33)34)25(37)36-17-11-14-35-20(15-17)28(12-13-28)40-41(7,8)26(2,3)4/h9-11,14-16,21,24H,12-13H2,1-8H3,(H,35,36,37)/t16-,21-,24+,27+/m0/s1. The fourth-order valence-corrected chi connectivity index (χ4v) is 6.77. The number of aromatic nitrogens is 1. The molecule has 1 aromatic heterocycles. The van der Waals surface area contributed by atoms with Crippen molar-refractivity contribution in [2.24, 2.45) is 5.92 Å². The average molecular weight is 601 g/mol. The molecule has 4 atom stereocenters. The topological polar surface area (TPSA) is 69.7 Å². The van der Waals surface area contributed by atoms with E-state index in [0.717, 1.165) is 39.0 Å². The van der Waals surface area contributed by atoms with Gasteiger partial charge in [0.15, 0.2) is 25.5 Å². The summed E-state index contributed by atoms with van der Waals surface area (Å²) in [5, 5.41) is 2.63. The van der Waals surface area contributed by atoms with Crippen LogP contribution in [0.4, 0.5) is 27.6 Å². The van der Waals surface area contributed by atoms with E-state index < -0.39 is 66.9 Å². The zero-order valence-electron chi connectivity index (χ0n) is 24.5. The molecule has 0 spiro atoms. The van der Waals surface area contributed by atoms with Gasteiger partial charge in [0.1, 0.15) is 6.10 Å². The van der Waals surface area contributed by atoms with Gasteiger partial charge in [0, 0.05) is 29.3 Å². The first-order chi connectivity index (χ1) is 18.8. The van der Waals surface area contributed by atoms with Crippen molar-refractivity contribution in [3.8, 4) is 5.75 Å². The van der Waals surface area contributed by atoms with E-state index in [-0.39, 0.29) is 10.6 Å². The highest BCUT2D eigenvalue weighted by atomic mass is 28.4. The van der Waals surface area contributed by atoms with E-state index in [2.05, 4.69) is 44.2 Å². The Morgan fingerprint density at radius 1 is 1.15 bits per heavy atom. The second-order valence-corrected chi connectivity index (χ2v) is 17.4. The lowest BCUT2D eigenvalue weighted by Gasteiger charge is -2.39. The summed E-state index contributed by atoms with van der Waals surface area (Å²) >= 11 is 0. The van der Waals surface area contributed by atoms with E-state index in [1.807, 2.05) is 0 Å². The minimum Gasteiger partial charge on any atom is -0.493 e. The van der Waals surface area contributed by atoms with Gasteiger partial charge in [-0.05, 0) is 56.1 Å². The number of pyridine rings is 1. The summed E-state index contributed by atoms with van der Waals surface area (Å²) in [5.41, 5.74) is -2.49.